The highest BCUT2D eigenvalue weighted by Crippen LogP contribution is 2.09. The molecule has 2 atom stereocenters. The van der Waals surface area contributed by atoms with Gasteiger partial charge in [-0.05, 0) is 20.3 Å². The van der Waals surface area contributed by atoms with Crippen LogP contribution in [0.3, 0.4) is 0 Å². The monoisotopic (exact) mass is 132 g/mol. The number of hydrogen-bond acceptors (Lipinski definition) is 3. The van der Waals surface area contributed by atoms with Crippen molar-refractivity contribution in [2.24, 2.45) is 5.73 Å². The maximum absolute atomic E-state index is 8.86. The van der Waals surface area contributed by atoms with Crippen molar-refractivity contribution in [1.29, 1.82) is 0 Å². The molecule has 0 aliphatic carbocycles. The first-order valence-electron chi connectivity index (χ1n) is 2.91. The van der Waals surface area contributed by atoms with Gasteiger partial charge in [0.05, 0.1) is 6.10 Å². The highest BCUT2D eigenvalue weighted by molar-refractivity contribution is 4.87. The molecule has 0 aliphatic heterocycles. The van der Waals surface area contributed by atoms with Gasteiger partial charge in [0.25, 0.3) is 0 Å². The van der Waals surface area contributed by atoms with Crippen LogP contribution in [0.5, 0.6) is 0 Å². The summed E-state index contributed by atoms with van der Waals surface area (Å²) in [5.41, 5.74) is 4.74. The first kappa shape index (κ1) is 8.88. The molecule has 0 spiro atoms. The van der Waals surface area contributed by atoms with Crippen molar-refractivity contribution >= 4 is 0 Å². The van der Waals surface area contributed by atoms with Crippen LogP contribution in [-0.4, -0.2) is 28.5 Å². The molecule has 0 aromatic heterocycles. The average molecular weight is 132 g/mol. The standard InChI is InChI=1S/C6H14NO2/c1-5(9)6(2,7)3-4-8/h5,8-9H,1,3-4,7H2,2H3. The summed E-state index contributed by atoms with van der Waals surface area (Å²) >= 11 is 0. The molecule has 0 amide bonds. The zero-order chi connectivity index (χ0) is 7.49. The molecular weight excluding hydrogens is 118 g/mol. The molecule has 0 heterocycles. The molecule has 1 radical (unpaired) electrons. The number of nitrogens with two attached hydrogens (primary N) is 1. The third-order valence-electron chi connectivity index (χ3n) is 1.41. The second-order valence-electron chi connectivity index (χ2n) is 2.50. The Hall–Kier alpha value is -0.120. The predicted molar refractivity (Wildman–Crippen MR) is 35.7 cm³/mol. The van der Waals surface area contributed by atoms with E-state index in [1.807, 2.05) is 0 Å². The van der Waals surface area contributed by atoms with Gasteiger partial charge in [-0.15, -0.1) is 0 Å². The van der Waals surface area contributed by atoms with E-state index >= 15 is 0 Å². The highest BCUT2D eigenvalue weighted by Gasteiger charge is 2.23. The summed E-state index contributed by atoms with van der Waals surface area (Å²) in [7, 11) is 0. The molecule has 3 heteroatoms. The van der Waals surface area contributed by atoms with E-state index in [-0.39, 0.29) is 6.61 Å². The van der Waals surface area contributed by atoms with E-state index in [4.69, 9.17) is 15.9 Å². The lowest BCUT2D eigenvalue weighted by atomic mass is 9.94. The topological polar surface area (TPSA) is 66.5 Å². The van der Waals surface area contributed by atoms with E-state index in [2.05, 4.69) is 6.92 Å². The Labute approximate surface area is 55.5 Å². The lowest BCUT2D eigenvalue weighted by Crippen LogP contribution is -2.47. The first-order chi connectivity index (χ1) is 4.00. The average Bonchev–Trinajstić information content (AvgIpc) is 1.65. The maximum Gasteiger partial charge on any atom is 0.0718 e. The minimum atomic E-state index is -0.815. The normalized spacial score (nSPS) is 21.0. The van der Waals surface area contributed by atoms with Crippen LogP contribution in [0.4, 0.5) is 0 Å². The summed E-state index contributed by atoms with van der Waals surface area (Å²) in [6.45, 7) is 4.99. The summed E-state index contributed by atoms with van der Waals surface area (Å²) < 4.78 is 0. The molecule has 0 bridgehead atoms. The van der Waals surface area contributed by atoms with Crippen molar-refractivity contribution in [1.82, 2.24) is 0 Å². The highest BCUT2D eigenvalue weighted by atomic mass is 16.3. The molecule has 0 saturated carbocycles. The van der Waals surface area contributed by atoms with Crippen molar-refractivity contribution in [2.75, 3.05) is 6.61 Å². The minimum Gasteiger partial charge on any atom is -0.396 e. The van der Waals surface area contributed by atoms with Crippen LogP contribution in [0, 0.1) is 6.92 Å². The Morgan fingerprint density at radius 3 is 2.33 bits per heavy atom. The Balaban J connectivity index is 3.70. The molecule has 0 aromatic carbocycles. The lowest BCUT2D eigenvalue weighted by Gasteiger charge is -2.26. The second kappa shape index (κ2) is 3.15. The summed E-state index contributed by atoms with van der Waals surface area (Å²) in [5, 5.41) is 17.3. The summed E-state index contributed by atoms with van der Waals surface area (Å²) in [6.07, 6.45) is -0.442. The van der Waals surface area contributed by atoms with Gasteiger partial charge in [0, 0.05) is 12.1 Å². The maximum atomic E-state index is 8.86. The van der Waals surface area contributed by atoms with Gasteiger partial charge in [-0.3, -0.25) is 0 Å². The molecule has 0 saturated heterocycles. The second-order valence-corrected chi connectivity index (χ2v) is 2.50. The zero-order valence-electron chi connectivity index (χ0n) is 5.67. The summed E-state index contributed by atoms with van der Waals surface area (Å²) in [4.78, 5) is 0. The molecule has 2 unspecified atom stereocenters. The molecule has 55 valence electrons. The number of rotatable bonds is 3. The van der Waals surface area contributed by atoms with Crippen molar-refractivity contribution in [2.45, 2.75) is 25.0 Å². The summed E-state index contributed by atoms with van der Waals surface area (Å²) in [6, 6.07) is 0. The van der Waals surface area contributed by atoms with Gasteiger partial charge in [0.15, 0.2) is 0 Å². The van der Waals surface area contributed by atoms with Crippen molar-refractivity contribution in [3.63, 3.8) is 0 Å². The van der Waals surface area contributed by atoms with Gasteiger partial charge in [0.1, 0.15) is 0 Å². The van der Waals surface area contributed by atoms with E-state index in [0.717, 1.165) is 0 Å². The summed E-state index contributed by atoms with van der Waals surface area (Å²) in [5.74, 6) is 0. The SMILES string of the molecule is [CH2]C(O)C(C)(N)CCO. The fourth-order valence-corrected chi connectivity index (χ4v) is 0.408. The van der Waals surface area contributed by atoms with E-state index < -0.39 is 11.6 Å². The van der Waals surface area contributed by atoms with Crippen molar-refractivity contribution in [3.8, 4) is 0 Å². The van der Waals surface area contributed by atoms with Gasteiger partial charge < -0.3 is 15.9 Å². The fourth-order valence-electron chi connectivity index (χ4n) is 0.408. The molecule has 0 aromatic rings. The fraction of sp³-hybridized carbons (Fsp3) is 0.833. The van der Waals surface area contributed by atoms with Crippen LogP contribution in [0.1, 0.15) is 13.3 Å². The largest absolute Gasteiger partial charge is 0.396 e. The van der Waals surface area contributed by atoms with Gasteiger partial charge in [-0.2, -0.15) is 0 Å². The van der Waals surface area contributed by atoms with Gasteiger partial charge in [0.2, 0.25) is 0 Å². The first-order valence-corrected chi connectivity index (χ1v) is 2.91. The molecule has 0 aliphatic rings. The third kappa shape index (κ3) is 2.79. The Kier molecular flexibility index (Phi) is 3.11. The minimum absolute atomic E-state index is 0.0143. The smallest absolute Gasteiger partial charge is 0.0718 e. The molecule has 0 rings (SSSR count). The Morgan fingerprint density at radius 2 is 2.22 bits per heavy atom. The molecule has 0 fully saturated rings. The quantitative estimate of drug-likeness (QED) is 0.475. The van der Waals surface area contributed by atoms with Crippen LogP contribution in [0.2, 0.25) is 0 Å². The predicted octanol–water partition coefficient (Wildman–Crippen LogP) is -0.719. The van der Waals surface area contributed by atoms with Gasteiger partial charge in [-0.25, -0.2) is 0 Å². The third-order valence-corrected chi connectivity index (χ3v) is 1.41. The van der Waals surface area contributed by atoms with Crippen molar-refractivity contribution < 1.29 is 10.2 Å². The van der Waals surface area contributed by atoms with Crippen LogP contribution in [0.15, 0.2) is 0 Å². The molecule has 3 nitrogen and oxygen atoms in total. The number of hydrogen-bond donors (Lipinski definition) is 3. The van der Waals surface area contributed by atoms with Crippen molar-refractivity contribution in [3.05, 3.63) is 6.92 Å². The Bertz CT molecular complexity index is 81.1. The molecular formula is C6H14NO2. The number of aliphatic hydroxyl groups excluding tert-OH is 2. The van der Waals surface area contributed by atoms with E-state index in [0.29, 0.717) is 6.42 Å². The number of aliphatic hydroxyl groups is 2. The van der Waals surface area contributed by atoms with Crippen LogP contribution >= 0.6 is 0 Å². The van der Waals surface area contributed by atoms with Gasteiger partial charge >= 0.3 is 0 Å². The van der Waals surface area contributed by atoms with E-state index in [1.54, 1.807) is 6.92 Å². The lowest BCUT2D eigenvalue weighted by molar-refractivity contribution is 0.110. The van der Waals surface area contributed by atoms with Crippen LogP contribution in [0.25, 0.3) is 0 Å². The molecule has 4 N–H and O–H groups in total. The van der Waals surface area contributed by atoms with Crippen LogP contribution < -0.4 is 5.73 Å². The van der Waals surface area contributed by atoms with Gasteiger partial charge in [-0.1, -0.05) is 0 Å². The van der Waals surface area contributed by atoms with Crippen LogP contribution in [-0.2, 0) is 0 Å². The van der Waals surface area contributed by atoms with E-state index in [9.17, 15) is 0 Å². The van der Waals surface area contributed by atoms with E-state index in [1.165, 1.54) is 0 Å². The molecule has 9 heavy (non-hydrogen) atoms. The zero-order valence-corrected chi connectivity index (χ0v) is 5.67. The Morgan fingerprint density at radius 1 is 1.78 bits per heavy atom.